The zero-order chi connectivity index (χ0) is 14.5. The van der Waals surface area contributed by atoms with Gasteiger partial charge in [0.1, 0.15) is 0 Å². The van der Waals surface area contributed by atoms with Crippen LogP contribution in [0.5, 0.6) is 0 Å². The van der Waals surface area contributed by atoms with Crippen LogP contribution in [-0.2, 0) is 14.3 Å². The molecule has 6 heteroatoms. The van der Waals surface area contributed by atoms with Gasteiger partial charge >= 0.3 is 0 Å². The lowest BCUT2D eigenvalue weighted by molar-refractivity contribution is -0.141. The molecule has 2 unspecified atom stereocenters. The van der Waals surface area contributed by atoms with Crippen LogP contribution in [0, 0.1) is 5.92 Å². The van der Waals surface area contributed by atoms with Gasteiger partial charge in [0.05, 0.1) is 25.7 Å². The molecule has 2 atom stereocenters. The van der Waals surface area contributed by atoms with Crippen LogP contribution in [0.1, 0.15) is 32.6 Å². The first kappa shape index (κ1) is 15.3. The summed E-state index contributed by atoms with van der Waals surface area (Å²) in [4.78, 5) is 25.7. The van der Waals surface area contributed by atoms with E-state index in [1.54, 1.807) is 4.90 Å². The van der Waals surface area contributed by atoms with Gasteiger partial charge in [0.25, 0.3) is 0 Å². The van der Waals surface area contributed by atoms with Crippen molar-refractivity contribution in [3.63, 3.8) is 0 Å². The number of primary amides is 1. The molecule has 2 rings (SSSR count). The molecule has 0 spiro atoms. The zero-order valence-corrected chi connectivity index (χ0v) is 12.1. The zero-order valence-electron chi connectivity index (χ0n) is 12.1. The summed E-state index contributed by atoms with van der Waals surface area (Å²) in [7, 11) is 0. The van der Waals surface area contributed by atoms with Crippen molar-refractivity contribution in [1.82, 2.24) is 10.2 Å². The second-order valence-corrected chi connectivity index (χ2v) is 5.68. The Kier molecular flexibility index (Phi) is 5.37. The Balaban J connectivity index is 2.06. The van der Waals surface area contributed by atoms with Crippen molar-refractivity contribution in [2.75, 3.05) is 26.3 Å². The smallest absolute Gasteiger partial charge is 0.237 e. The van der Waals surface area contributed by atoms with Gasteiger partial charge in [-0.3, -0.25) is 9.59 Å². The number of amides is 2. The van der Waals surface area contributed by atoms with Crippen molar-refractivity contribution in [2.24, 2.45) is 11.7 Å². The van der Waals surface area contributed by atoms with Gasteiger partial charge in [-0.05, 0) is 19.4 Å². The average molecular weight is 283 g/mol. The molecule has 6 nitrogen and oxygen atoms in total. The molecule has 1 saturated heterocycles. The third-order valence-electron chi connectivity index (χ3n) is 4.24. The summed E-state index contributed by atoms with van der Waals surface area (Å²) < 4.78 is 5.44. The van der Waals surface area contributed by atoms with E-state index < -0.39 is 5.91 Å². The number of carbonyl (C=O) groups is 2. The highest BCUT2D eigenvalue weighted by Crippen LogP contribution is 2.26. The molecule has 0 bridgehead atoms. The van der Waals surface area contributed by atoms with Crippen LogP contribution < -0.4 is 11.1 Å². The molecule has 1 aliphatic carbocycles. The topological polar surface area (TPSA) is 84.7 Å². The molecule has 1 heterocycles. The summed E-state index contributed by atoms with van der Waals surface area (Å²) in [6.45, 7) is 3.83. The predicted octanol–water partition coefficient (Wildman–Crippen LogP) is -0.133. The van der Waals surface area contributed by atoms with E-state index >= 15 is 0 Å². The highest BCUT2D eigenvalue weighted by Gasteiger charge is 2.39. The second-order valence-electron chi connectivity index (χ2n) is 5.68. The van der Waals surface area contributed by atoms with E-state index in [2.05, 4.69) is 5.32 Å². The van der Waals surface area contributed by atoms with Crippen molar-refractivity contribution < 1.29 is 14.3 Å². The maximum absolute atomic E-state index is 12.8. The molecule has 2 aliphatic rings. The van der Waals surface area contributed by atoms with E-state index in [-0.39, 0.29) is 30.5 Å². The van der Waals surface area contributed by atoms with E-state index in [9.17, 15) is 9.59 Å². The first-order chi connectivity index (χ1) is 9.63. The van der Waals surface area contributed by atoms with Crippen LogP contribution >= 0.6 is 0 Å². The van der Waals surface area contributed by atoms with Crippen molar-refractivity contribution in [1.29, 1.82) is 0 Å². The van der Waals surface area contributed by atoms with Gasteiger partial charge in [0, 0.05) is 12.1 Å². The van der Waals surface area contributed by atoms with Gasteiger partial charge < -0.3 is 20.7 Å². The number of carbonyl (C=O) groups excluding carboxylic acids is 2. The van der Waals surface area contributed by atoms with E-state index in [0.29, 0.717) is 13.2 Å². The fourth-order valence-electron chi connectivity index (χ4n) is 3.24. The van der Waals surface area contributed by atoms with Crippen LogP contribution in [0.25, 0.3) is 0 Å². The molecule has 0 aromatic heterocycles. The van der Waals surface area contributed by atoms with Crippen LogP contribution in [0.15, 0.2) is 0 Å². The number of likely N-dealkylation sites (N-methyl/N-ethyl adjacent to an activating group) is 1. The number of rotatable bonds is 6. The SMILES string of the molecule is CCNC1COCC1C(=O)N(CC(N)=O)C1CCCC1. The van der Waals surface area contributed by atoms with Crippen LogP contribution in [0.2, 0.25) is 0 Å². The molecule has 2 amide bonds. The molecule has 3 N–H and O–H groups in total. The monoisotopic (exact) mass is 283 g/mol. The second kappa shape index (κ2) is 7.04. The molecule has 2 fully saturated rings. The third kappa shape index (κ3) is 3.49. The molecular formula is C14H25N3O3. The van der Waals surface area contributed by atoms with Gasteiger partial charge in [-0.15, -0.1) is 0 Å². The lowest BCUT2D eigenvalue weighted by Crippen LogP contribution is -2.51. The highest BCUT2D eigenvalue weighted by atomic mass is 16.5. The van der Waals surface area contributed by atoms with E-state index in [1.165, 1.54) is 0 Å². The van der Waals surface area contributed by atoms with E-state index in [0.717, 1.165) is 32.2 Å². The molecule has 0 aromatic carbocycles. The number of nitrogens with two attached hydrogens (primary N) is 1. The Morgan fingerprint density at radius 2 is 2.00 bits per heavy atom. The Labute approximate surface area is 120 Å². The van der Waals surface area contributed by atoms with Crippen LogP contribution in [0.3, 0.4) is 0 Å². The maximum atomic E-state index is 12.8. The maximum Gasteiger partial charge on any atom is 0.237 e. The normalized spacial score (nSPS) is 26.9. The number of hydrogen-bond donors (Lipinski definition) is 2. The molecule has 114 valence electrons. The van der Waals surface area contributed by atoms with Crippen molar-refractivity contribution in [3.05, 3.63) is 0 Å². The first-order valence-electron chi connectivity index (χ1n) is 7.53. The average Bonchev–Trinajstić information content (AvgIpc) is 3.06. The number of hydrogen-bond acceptors (Lipinski definition) is 4. The predicted molar refractivity (Wildman–Crippen MR) is 74.9 cm³/mol. The number of ether oxygens (including phenoxy) is 1. The Morgan fingerprint density at radius 3 is 2.60 bits per heavy atom. The Hall–Kier alpha value is -1.14. The summed E-state index contributed by atoms with van der Waals surface area (Å²) in [6.07, 6.45) is 4.17. The lowest BCUT2D eigenvalue weighted by atomic mass is 10.0. The van der Waals surface area contributed by atoms with Crippen molar-refractivity contribution in [2.45, 2.75) is 44.7 Å². The molecule has 1 aliphatic heterocycles. The van der Waals surface area contributed by atoms with Gasteiger partial charge in [-0.25, -0.2) is 0 Å². The summed E-state index contributed by atoms with van der Waals surface area (Å²) >= 11 is 0. The highest BCUT2D eigenvalue weighted by molar-refractivity contribution is 5.86. The van der Waals surface area contributed by atoms with Gasteiger partial charge in [-0.1, -0.05) is 19.8 Å². The fourth-order valence-corrected chi connectivity index (χ4v) is 3.24. The van der Waals surface area contributed by atoms with Crippen molar-refractivity contribution >= 4 is 11.8 Å². The summed E-state index contributed by atoms with van der Waals surface area (Å²) in [6, 6.07) is 0.210. The van der Waals surface area contributed by atoms with Crippen LogP contribution in [0.4, 0.5) is 0 Å². The summed E-state index contributed by atoms with van der Waals surface area (Å²) in [5, 5.41) is 3.29. The lowest BCUT2D eigenvalue weighted by Gasteiger charge is -2.31. The standard InChI is InChI=1S/C14H25N3O3/c1-2-16-12-9-20-8-11(12)14(19)17(7-13(15)18)10-5-3-4-6-10/h10-12,16H,2-9H2,1H3,(H2,15,18). The first-order valence-corrected chi connectivity index (χ1v) is 7.53. The largest absolute Gasteiger partial charge is 0.379 e. The minimum Gasteiger partial charge on any atom is -0.379 e. The minimum atomic E-state index is -0.441. The Bertz CT molecular complexity index is 356. The number of nitrogens with one attached hydrogen (secondary N) is 1. The molecule has 20 heavy (non-hydrogen) atoms. The quantitative estimate of drug-likeness (QED) is 0.711. The summed E-state index contributed by atoms with van der Waals surface area (Å²) in [5.41, 5.74) is 5.31. The third-order valence-corrected chi connectivity index (χ3v) is 4.24. The molecule has 0 aromatic rings. The van der Waals surface area contributed by atoms with E-state index in [4.69, 9.17) is 10.5 Å². The fraction of sp³-hybridized carbons (Fsp3) is 0.857. The van der Waals surface area contributed by atoms with Crippen LogP contribution in [-0.4, -0.2) is 55.1 Å². The van der Waals surface area contributed by atoms with Gasteiger partial charge in [0.2, 0.25) is 11.8 Å². The molecule has 0 radical (unpaired) electrons. The number of nitrogens with zero attached hydrogens (tertiary/aromatic N) is 1. The minimum absolute atomic E-state index is 0.0131. The van der Waals surface area contributed by atoms with Gasteiger partial charge in [-0.2, -0.15) is 0 Å². The van der Waals surface area contributed by atoms with Gasteiger partial charge in [0.15, 0.2) is 0 Å². The molecular weight excluding hydrogens is 258 g/mol. The molecule has 1 saturated carbocycles. The Morgan fingerprint density at radius 1 is 1.30 bits per heavy atom. The summed E-state index contributed by atoms with van der Waals surface area (Å²) in [5.74, 6) is -0.627. The van der Waals surface area contributed by atoms with Crippen molar-refractivity contribution in [3.8, 4) is 0 Å². The van der Waals surface area contributed by atoms with E-state index in [1.807, 2.05) is 6.92 Å².